The minimum atomic E-state index is 0.831. The SMILES string of the molecule is C(CNC1CC1)Cc1nnc(CC2CCCC2)s1. The van der Waals surface area contributed by atoms with E-state index in [0.717, 1.165) is 24.9 Å². The van der Waals surface area contributed by atoms with E-state index in [0.29, 0.717) is 0 Å². The Kier molecular flexibility index (Phi) is 4.26. The molecule has 0 atom stereocenters. The first-order valence-electron chi connectivity index (χ1n) is 7.45. The number of nitrogens with zero attached hydrogens (tertiary/aromatic N) is 2. The zero-order valence-corrected chi connectivity index (χ0v) is 11.8. The molecule has 100 valence electrons. The second-order valence-electron chi connectivity index (χ2n) is 5.78. The van der Waals surface area contributed by atoms with Gasteiger partial charge in [0, 0.05) is 18.9 Å². The fourth-order valence-electron chi connectivity index (χ4n) is 2.77. The molecule has 0 saturated heterocycles. The Morgan fingerprint density at radius 3 is 2.61 bits per heavy atom. The number of aryl methyl sites for hydroxylation is 1. The lowest BCUT2D eigenvalue weighted by Crippen LogP contribution is -2.17. The molecule has 0 aromatic carbocycles. The molecule has 0 bridgehead atoms. The quantitative estimate of drug-likeness (QED) is 0.770. The van der Waals surface area contributed by atoms with Crippen LogP contribution in [0.15, 0.2) is 0 Å². The molecular formula is C14H23N3S. The molecule has 4 heteroatoms. The van der Waals surface area contributed by atoms with Gasteiger partial charge in [-0.1, -0.05) is 25.7 Å². The second-order valence-corrected chi connectivity index (χ2v) is 6.92. The van der Waals surface area contributed by atoms with E-state index < -0.39 is 0 Å². The molecule has 0 unspecified atom stereocenters. The Labute approximate surface area is 113 Å². The average molecular weight is 265 g/mol. The van der Waals surface area contributed by atoms with Crippen LogP contribution in [0.2, 0.25) is 0 Å². The summed E-state index contributed by atoms with van der Waals surface area (Å²) in [5.41, 5.74) is 0. The van der Waals surface area contributed by atoms with Crippen molar-refractivity contribution in [1.29, 1.82) is 0 Å². The molecule has 0 spiro atoms. The maximum atomic E-state index is 4.35. The summed E-state index contributed by atoms with van der Waals surface area (Å²) in [5.74, 6) is 0.891. The van der Waals surface area contributed by atoms with Crippen molar-refractivity contribution in [3.8, 4) is 0 Å². The summed E-state index contributed by atoms with van der Waals surface area (Å²) in [6.45, 7) is 1.14. The van der Waals surface area contributed by atoms with Gasteiger partial charge >= 0.3 is 0 Å². The summed E-state index contributed by atoms with van der Waals surface area (Å²) in [6.07, 6.45) is 11.9. The van der Waals surface area contributed by atoms with Crippen LogP contribution in [0.25, 0.3) is 0 Å². The van der Waals surface area contributed by atoms with Crippen molar-refractivity contribution in [2.45, 2.75) is 63.8 Å². The number of hydrogen-bond acceptors (Lipinski definition) is 4. The number of rotatable bonds is 7. The van der Waals surface area contributed by atoms with Crippen molar-refractivity contribution in [2.24, 2.45) is 5.92 Å². The van der Waals surface area contributed by atoms with E-state index in [4.69, 9.17) is 0 Å². The van der Waals surface area contributed by atoms with E-state index in [9.17, 15) is 0 Å². The second kappa shape index (κ2) is 6.11. The van der Waals surface area contributed by atoms with Gasteiger partial charge < -0.3 is 5.32 Å². The Morgan fingerprint density at radius 1 is 1.06 bits per heavy atom. The van der Waals surface area contributed by atoms with Gasteiger partial charge in [-0.05, 0) is 31.7 Å². The number of aromatic nitrogens is 2. The Bertz CT molecular complexity index is 367. The largest absolute Gasteiger partial charge is 0.314 e. The van der Waals surface area contributed by atoms with E-state index in [2.05, 4.69) is 15.5 Å². The molecular weight excluding hydrogens is 242 g/mol. The van der Waals surface area contributed by atoms with E-state index in [1.54, 1.807) is 0 Å². The highest BCUT2D eigenvalue weighted by molar-refractivity contribution is 7.11. The molecule has 0 radical (unpaired) electrons. The van der Waals surface area contributed by atoms with Crippen LogP contribution in [0, 0.1) is 5.92 Å². The third-order valence-corrected chi connectivity index (χ3v) is 5.03. The van der Waals surface area contributed by atoms with Crippen molar-refractivity contribution in [3.63, 3.8) is 0 Å². The van der Waals surface area contributed by atoms with E-state index in [-0.39, 0.29) is 0 Å². The zero-order valence-electron chi connectivity index (χ0n) is 11.0. The topological polar surface area (TPSA) is 37.8 Å². The summed E-state index contributed by atoms with van der Waals surface area (Å²) in [4.78, 5) is 0. The monoisotopic (exact) mass is 265 g/mol. The fourth-order valence-corrected chi connectivity index (χ4v) is 3.77. The molecule has 1 N–H and O–H groups in total. The standard InChI is InChI=1S/C14H23N3S/c1-2-5-11(4-1)10-14-17-16-13(18-14)6-3-9-15-12-7-8-12/h11-12,15H,1-10H2. The minimum Gasteiger partial charge on any atom is -0.314 e. The Hall–Kier alpha value is -0.480. The number of nitrogens with one attached hydrogen (secondary N) is 1. The smallest absolute Gasteiger partial charge is 0.117 e. The van der Waals surface area contributed by atoms with Crippen molar-refractivity contribution < 1.29 is 0 Å². The van der Waals surface area contributed by atoms with Gasteiger partial charge in [0.25, 0.3) is 0 Å². The highest BCUT2D eigenvalue weighted by Crippen LogP contribution is 2.29. The van der Waals surface area contributed by atoms with Crippen molar-refractivity contribution >= 4 is 11.3 Å². The summed E-state index contributed by atoms with van der Waals surface area (Å²) in [7, 11) is 0. The van der Waals surface area contributed by atoms with Crippen LogP contribution in [-0.2, 0) is 12.8 Å². The Morgan fingerprint density at radius 2 is 1.83 bits per heavy atom. The summed E-state index contributed by atoms with van der Waals surface area (Å²) < 4.78 is 0. The highest BCUT2D eigenvalue weighted by Gasteiger charge is 2.20. The predicted molar refractivity (Wildman–Crippen MR) is 74.9 cm³/mol. The van der Waals surface area contributed by atoms with Gasteiger partial charge in [-0.15, -0.1) is 21.5 Å². The first kappa shape index (κ1) is 12.5. The lowest BCUT2D eigenvalue weighted by atomic mass is 10.1. The van der Waals surface area contributed by atoms with Gasteiger partial charge in [0.15, 0.2) is 0 Å². The first-order valence-corrected chi connectivity index (χ1v) is 8.26. The van der Waals surface area contributed by atoms with Crippen LogP contribution < -0.4 is 5.32 Å². The molecule has 1 aromatic heterocycles. The molecule has 0 aliphatic heterocycles. The molecule has 18 heavy (non-hydrogen) atoms. The molecule has 3 nitrogen and oxygen atoms in total. The summed E-state index contributed by atoms with van der Waals surface area (Å²) >= 11 is 1.84. The molecule has 1 heterocycles. The average Bonchev–Trinajstić information content (AvgIpc) is 2.88. The molecule has 2 aliphatic carbocycles. The van der Waals surface area contributed by atoms with Crippen LogP contribution in [0.4, 0.5) is 0 Å². The third kappa shape index (κ3) is 3.75. The molecule has 1 aromatic rings. The van der Waals surface area contributed by atoms with Gasteiger partial charge in [-0.3, -0.25) is 0 Å². The van der Waals surface area contributed by atoms with Gasteiger partial charge in [-0.2, -0.15) is 0 Å². The maximum absolute atomic E-state index is 4.35. The summed E-state index contributed by atoms with van der Waals surface area (Å²) in [5, 5.41) is 14.7. The van der Waals surface area contributed by atoms with Gasteiger partial charge in [0.2, 0.25) is 0 Å². The Balaban J connectivity index is 1.37. The normalized spacial score (nSPS) is 20.7. The third-order valence-electron chi connectivity index (χ3n) is 4.02. The van der Waals surface area contributed by atoms with Crippen LogP contribution in [0.5, 0.6) is 0 Å². The van der Waals surface area contributed by atoms with E-state index in [1.165, 1.54) is 61.4 Å². The fraction of sp³-hybridized carbons (Fsp3) is 0.857. The van der Waals surface area contributed by atoms with Crippen LogP contribution in [-0.4, -0.2) is 22.8 Å². The highest BCUT2D eigenvalue weighted by atomic mass is 32.1. The van der Waals surface area contributed by atoms with E-state index >= 15 is 0 Å². The van der Waals surface area contributed by atoms with Crippen molar-refractivity contribution in [1.82, 2.24) is 15.5 Å². The van der Waals surface area contributed by atoms with Crippen LogP contribution in [0.3, 0.4) is 0 Å². The van der Waals surface area contributed by atoms with Gasteiger partial charge in [-0.25, -0.2) is 0 Å². The summed E-state index contributed by atoms with van der Waals surface area (Å²) in [6, 6.07) is 0.831. The lowest BCUT2D eigenvalue weighted by Gasteiger charge is -2.03. The first-order chi connectivity index (χ1) is 8.90. The van der Waals surface area contributed by atoms with E-state index in [1.807, 2.05) is 11.3 Å². The van der Waals surface area contributed by atoms with Gasteiger partial charge in [0.1, 0.15) is 10.0 Å². The molecule has 2 fully saturated rings. The molecule has 3 rings (SSSR count). The molecule has 2 saturated carbocycles. The van der Waals surface area contributed by atoms with Crippen molar-refractivity contribution in [2.75, 3.05) is 6.54 Å². The van der Waals surface area contributed by atoms with Crippen LogP contribution >= 0.6 is 11.3 Å². The number of hydrogen-bond donors (Lipinski definition) is 1. The molecule has 0 amide bonds. The van der Waals surface area contributed by atoms with Gasteiger partial charge in [0.05, 0.1) is 0 Å². The van der Waals surface area contributed by atoms with Crippen LogP contribution in [0.1, 0.15) is 55.0 Å². The lowest BCUT2D eigenvalue weighted by molar-refractivity contribution is 0.542. The van der Waals surface area contributed by atoms with Crippen molar-refractivity contribution in [3.05, 3.63) is 10.0 Å². The molecule has 2 aliphatic rings. The zero-order chi connectivity index (χ0) is 12.2. The predicted octanol–water partition coefficient (Wildman–Crippen LogP) is 2.96. The minimum absolute atomic E-state index is 0.831. The maximum Gasteiger partial charge on any atom is 0.117 e.